The van der Waals surface area contributed by atoms with Gasteiger partial charge in [0.05, 0.1) is 6.10 Å². The van der Waals surface area contributed by atoms with Crippen LogP contribution < -0.4 is 0 Å². The van der Waals surface area contributed by atoms with Crippen LogP contribution in [0.15, 0.2) is 52.8 Å². The fraction of sp³-hybridized carbons (Fsp3) is 0.679. The Morgan fingerprint density at radius 2 is 1.93 bits per heavy atom. The van der Waals surface area contributed by atoms with Crippen LogP contribution in [-0.2, 0) is 0 Å². The highest BCUT2D eigenvalue weighted by Crippen LogP contribution is 2.30. The van der Waals surface area contributed by atoms with E-state index in [0.29, 0.717) is 17.8 Å². The van der Waals surface area contributed by atoms with Crippen LogP contribution in [0.3, 0.4) is 0 Å². The third-order valence-corrected chi connectivity index (χ3v) is 6.99. The van der Waals surface area contributed by atoms with Crippen LogP contribution in [0.2, 0.25) is 0 Å². The Hall–Kier alpha value is -1.30. The summed E-state index contributed by atoms with van der Waals surface area (Å²) in [6.07, 6.45) is 21.6. The lowest BCUT2D eigenvalue weighted by molar-refractivity contribution is 0.159. The molecule has 1 N–H and O–H groups in total. The summed E-state index contributed by atoms with van der Waals surface area (Å²) in [5.74, 6) is 2.68. The zero-order chi connectivity index (χ0) is 21.2. The maximum absolute atomic E-state index is 10.1. The van der Waals surface area contributed by atoms with E-state index in [-0.39, 0.29) is 6.10 Å². The molecule has 4 atom stereocenters. The first-order valence-electron chi connectivity index (χ1n) is 12.0. The molecule has 2 aliphatic carbocycles. The van der Waals surface area contributed by atoms with Crippen molar-refractivity contribution in [1.82, 2.24) is 0 Å². The molecule has 2 aliphatic rings. The number of aliphatic hydroxyl groups is 1. The number of aliphatic hydroxyl groups excluding tert-OH is 1. The normalized spacial score (nSPS) is 28.4. The standard InChI is InChI=1S/C28H44O/c1-21(2)23(4)12-9-15-25-14-8-11-22(3)10-6-7-13-26(25)17-18-27-20-28(29)19-16-24(27)5/h7,9,12,17-18,21-23,25,28-29H,6,8,10-11,14-16,19-20H2,1-5H3/b12-9+,18-17-. The summed E-state index contributed by atoms with van der Waals surface area (Å²) in [5, 5.41) is 10.1. The van der Waals surface area contributed by atoms with E-state index < -0.39 is 0 Å². The third-order valence-electron chi connectivity index (χ3n) is 6.99. The minimum atomic E-state index is -0.176. The van der Waals surface area contributed by atoms with Crippen molar-refractivity contribution in [2.45, 2.75) is 98.5 Å². The van der Waals surface area contributed by atoms with Gasteiger partial charge in [0.2, 0.25) is 0 Å². The topological polar surface area (TPSA) is 20.2 Å². The Kier molecular flexibility index (Phi) is 10.3. The van der Waals surface area contributed by atoms with Gasteiger partial charge < -0.3 is 5.11 Å². The number of rotatable bonds is 6. The fourth-order valence-corrected chi connectivity index (χ4v) is 4.27. The summed E-state index contributed by atoms with van der Waals surface area (Å²) in [4.78, 5) is 0. The van der Waals surface area contributed by atoms with Crippen molar-refractivity contribution in [1.29, 1.82) is 0 Å². The van der Waals surface area contributed by atoms with Crippen molar-refractivity contribution in [3.63, 3.8) is 0 Å². The second-order valence-electron chi connectivity index (χ2n) is 9.92. The molecular weight excluding hydrogens is 352 g/mol. The summed E-state index contributed by atoms with van der Waals surface area (Å²) < 4.78 is 0. The molecule has 0 aromatic carbocycles. The van der Waals surface area contributed by atoms with Gasteiger partial charge in [-0.15, -0.1) is 5.73 Å². The van der Waals surface area contributed by atoms with Gasteiger partial charge in [0.15, 0.2) is 0 Å². The Morgan fingerprint density at radius 3 is 2.69 bits per heavy atom. The number of hydrogen-bond donors (Lipinski definition) is 1. The zero-order valence-electron chi connectivity index (χ0n) is 19.6. The van der Waals surface area contributed by atoms with Gasteiger partial charge in [-0.2, -0.15) is 0 Å². The molecule has 0 spiro atoms. The second kappa shape index (κ2) is 12.4. The van der Waals surface area contributed by atoms with Crippen LogP contribution in [0.4, 0.5) is 0 Å². The lowest BCUT2D eigenvalue weighted by Crippen LogP contribution is -2.13. The Balaban J connectivity index is 2.22. The van der Waals surface area contributed by atoms with E-state index >= 15 is 0 Å². The molecule has 4 unspecified atom stereocenters. The van der Waals surface area contributed by atoms with Gasteiger partial charge in [-0.05, 0) is 92.8 Å². The van der Waals surface area contributed by atoms with Gasteiger partial charge in [0.25, 0.3) is 0 Å². The highest BCUT2D eigenvalue weighted by atomic mass is 16.3. The molecule has 0 radical (unpaired) electrons. The highest BCUT2D eigenvalue weighted by Gasteiger charge is 2.17. The Morgan fingerprint density at radius 1 is 1.14 bits per heavy atom. The molecule has 0 heterocycles. The quantitative estimate of drug-likeness (QED) is 0.357. The van der Waals surface area contributed by atoms with E-state index in [0.717, 1.165) is 38.0 Å². The van der Waals surface area contributed by atoms with Gasteiger partial charge in [-0.25, -0.2) is 0 Å². The molecule has 0 bridgehead atoms. The van der Waals surface area contributed by atoms with Crippen molar-refractivity contribution in [2.75, 3.05) is 0 Å². The minimum absolute atomic E-state index is 0.176. The van der Waals surface area contributed by atoms with E-state index in [1.165, 1.54) is 42.4 Å². The molecule has 162 valence electrons. The van der Waals surface area contributed by atoms with E-state index in [1.807, 2.05) is 0 Å². The van der Waals surface area contributed by atoms with Crippen molar-refractivity contribution < 1.29 is 5.11 Å². The number of allylic oxidation sites excluding steroid dienone is 6. The molecule has 0 aromatic rings. The smallest absolute Gasteiger partial charge is 0.0583 e. The monoisotopic (exact) mass is 396 g/mol. The molecule has 1 heteroatoms. The SMILES string of the molecule is CC1=C(/C=C\C2=C=CCCC(C)CCCC2C/C=C/C(C)C(C)C)CC(O)CC1. The van der Waals surface area contributed by atoms with Gasteiger partial charge in [0.1, 0.15) is 0 Å². The predicted octanol–water partition coefficient (Wildman–Crippen LogP) is 7.94. The summed E-state index contributed by atoms with van der Waals surface area (Å²) in [6.45, 7) is 11.5. The average molecular weight is 397 g/mol. The fourth-order valence-electron chi connectivity index (χ4n) is 4.27. The van der Waals surface area contributed by atoms with Crippen LogP contribution >= 0.6 is 0 Å². The summed E-state index contributed by atoms with van der Waals surface area (Å²) >= 11 is 0. The number of hydrogen-bond acceptors (Lipinski definition) is 1. The van der Waals surface area contributed by atoms with Gasteiger partial charge in [0, 0.05) is 0 Å². The van der Waals surface area contributed by atoms with Crippen molar-refractivity contribution in [3.8, 4) is 0 Å². The summed E-state index contributed by atoms with van der Waals surface area (Å²) in [6, 6.07) is 0. The Bertz CT molecular complexity index is 654. The zero-order valence-corrected chi connectivity index (χ0v) is 19.6. The lowest BCUT2D eigenvalue weighted by Gasteiger charge is -2.21. The molecule has 0 amide bonds. The van der Waals surface area contributed by atoms with Gasteiger partial charge in [-0.3, -0.25) is 0 Å². The molecule has 1 nitrogen and oxygen atoms in total. The van der Waals surface area contributed by atoms with E-state index in [4.69, 9.17) is 0 Å². The lowest BCUT2D eigenvalue weighted by atomic mass is 9.85. The van der Waals surface area contributed by atoms with Crippen LogP contribution in [0.1, 0.15) is 92.4 Å². The molecular formula is C28H44O. The molecule has 0 fully saturated rings. The first kappa shape index (κ1) is 24.0. The minimum Gasteiger partial charge on any atom is -0.393 e. The van der Waals surface area contributed by atoms with Crippen LogP contribution in [0.25, 0.3) is 0 Å². The summed E-state index contributed by atoms with van der Waals surface area (Å²) in [5.41, 5.74) is 7.78. The maximum atomic E-state index is 10.1. The van der Waals surface area contributed by atoms with Crippen molar-refractivity contribution in [2.24, 2.45) is 23.7 Å². The van der Waals surface area contributed by atoms with Crippen LogP contribution in [-0.4, -0.2) is 11.2 Å². The van der Waals surface area contributed by atoms with Gasteiger partial charge in [-0.1, -0.05) is 70.4 Å². The maximum Gasteiger partial charge on any atom is 0.0583 e. The summed E-state index contributed by atoms with van der Waals surface area (Å²) in [7, 11) is 0. The molecule has 29 heavy (non-hydrogen) atoms. The van der Waals surface area contributed by atoms with E-state index in [9.17, 15) is 5.11 Å². The molecule has 0 saturated carbocycles. The second-order valence-corrected chi connectivity index (χ2v) is 9.92. The van der Waals surface area contributed by atoms with E-state index in [1.54, 1.807) is 0 Å². The molecule has 0 aliphatic heterocycles. The molecule has 0 aromatic heterocycles. The first-order chi connectivity index (χ1) is 13.9. The van der Waals surface area contributed by atoms with Crippen LogP contribution in [0.5, 0.6) is 0 Å². The largest absolute Gasteiger partial charge is 0.393 e. The average Bonchev–Trinajstić information content (AvgIpc) is 2.68. The van der Waals surface area contributed by atoms with Crippen molar-refractivity contribution >= 4 is 0 Å². The van der Waals surface area contributed by atoms with Crippen LogP contribution in [0, 0.1) is 23.7 Å². The predicted molar refractivity (Wildman–Crippen MR) is 127 cm³/mol. The third kappa shape index (κ3) is 8.53. The Labute approximate surface area is 180 Å². The molecule has 2 rings (SSSR count). The first-order valence-corrected chi connectivity index (χ1v) is 12.0. The van der Waals surface area contributed by atoms with Gasteiger partial charge >= 0.3 is 0 Å². The van der Waals surface area contributed by atoms with E-state index in [2.05, 4.69) is 70.7 Å². The molecule has 0 saturated heterocycles. The van der Waals surface area contributed by atoms with Crippen molar-refractivity contribution in [3.05, 3.63) is 52.8 Å². The highest BCUT2D eigenvalue weighted by molar-refractivity contribution is 5.34.